The number of carbonyl (C=O) groups excluding carboxylic acids is 1. The van der Waals surface area contributed by atoms with Gasteiger partial charge in [0.1, 0.15) is 10.9 Å². The summed E-state index contributed by atoms with van der Waals surface area (Å²) < 4.78 is 26.8. The fourth-order valence-corrected chi connectivity index (χ4v) is 5.14. The molecule has 4 rings (SSSR count). The number of hydrogen-bond acceptors (Lipinski definition) is 4. The van der Waals surface area contributed by atoms with E-state index in [1.54, 1.807) is 54.6 Å². The van der Waals surface area contributed by atoms with E-state index in [1.807, 2.05) is 25.1 Å². The molecule has 1 aliphatic heterocycles. The molecular formula is C23H19NO4S. The molecule has 6 heteroatoms. The Hall–Kier alpha value is -3.38. The molecule has 1 aliphatic rings. The summed E-state index contributed by atoms with van der Waals surface area (Å²) in [6.07, 6.45) is 0. The molecule has 0 radical (unpaired) electrons. The van der Waals surface area contributed by atoms with Crippen molar-refractivity contribution < 1.29 is 18.3 Å². The molecular weight excluding hydrogens is 386 g/mol. The Bertz CT molecular complexity index is 1180. The minimum absolute atomic E-state index is 0.0287. The van der Waals surface area contributed by atoms with Crippen LogP contribution in [0.5, 0.6) is 0 Å². The van der Waals surface area contributed by atoms with Gasteiger partial charge in [-0.05, 0) is 36.8 Å². The second-order valence-corrected chi connectivity index (χ2v) is 8.77. The molecule has 1 unspecified atom stereocenters. The first kappa shape index (κ1) is 19.0. The van der Waals surface area contributed by atoms with Crippen LogP contribution in [0.4, 0.5) is 5.69 Å². The maximum Gasteiger partial charge on any atom is 0.295 e. The standard InChI is InChI=1S/C23H19NO4S/c1-16-12-14-18(15-13-16)24-20(17-8-4-2-5-9-17)22(21(25)23(24)26)29(27,28)19-10-6-3-7-11-19/h2-15,20,25H,1H3. The smallest absolute Gasteiger partial charge is 0.295 e. The number of amides is 1. The lowest BCUT2D eigenvalue weighted by Crippen LogP contribution is -2.31. The van der Waals surface area contributed by atoms with E-state index in [1.165, 1.54) is 17.0 Å². The number of nitrogens with zero attached hydrogens (tertiary/aromatic N) is 1. The van der Waals surface area contributed by atoms with E-state index >= 15 is 0 Å². The van der Waals surface area contributed by atoms with Crippen LogP contribution in [0.25, 0.3) is 0 Å². The highest BCUT2D eigenvalue weighted by Crippen LogP contribution is 2.44. The first-order chi connectivity index (χ1) is 13.9. The first-order valence-electron chi connectivity index (χ1n) is 9.09. The summed E-state index contributed by atoms with van der Waals surface area (Å²) in [5.74, 6) is -1.49. The molecule has 5 nitrogen and oxygen atoms in total. The number of aryl methyl sites for hydroxylation is 1. The highest BCUT2D eigenvalue weighted by atomic mass is 32.2. The second-order valence-electron chi connectivity index (χ2n) is 6.85. The lowest BCUT2D eigenvalue weighted by Gasteiger charge is -2.27. The van der Waals surface area contributed by atoms with Crippen LogP contribution in [0, 0.1) is 6.92 Å². The average Bonchev–Trinajstić information content (AvgIpc) is 3.01. The van der Waals surface area contributed by atoms with Gasteiger partial charge in [0.15, 0.2) is 5.76 Å². The molecule has 3 aromatic carbocycles. The molecule has 0 fully saturated rings. The molecule has 0 aliphatic carbocycles. The zero-order valence-corrected chi connectivity index (χ0v) is 16.5. The molecule has 0 saturated heterocycles. The molecule has 1 heterocycles. The first-order valence-corrected chi connectivity index (χ1v) is 10.6. The Morgan fingerprint density at radius 1 is 0.828 bits per heavy atom. The van der Waals surface area contributed by atoms with E-state index in [-0.39, 0.29) is 9.80 Å². The summed E-state index contributed by atoms with van der Waals surface area (Å²) in [5, 5.41) is 10.7. The number of rotatable bonds is 4. The number of hydrogen-bond donors (Lipinski definition) is 1. The van der Waals surface area contributed by atoms with Crippen LogP contribution in [0.15, 0.2) is 100 Å². The van der Waals surface area contributed by atoms with E-state index in [4.69, 9.17) is 0 Å². The van der Waals surface area contributed by atoms with Crippen molar-refractivity contribution in [1.82, 2.24) is 0 Å². The third-order valence-corrected chi connectivity index (χ3v) is 6.82. The number of sulfone groups is 1. The predicted octanol–water partition coefficient (Wildman–Crippen LogP) is 4.33. The number of aliphatic hydroxyl groups excluding tert-OH is 1. The summed E-state index contributed by atoms with van der Waals surface area (Å²) in [7, 11) is -4.10. The van der Waals surface area contributed by atoms with Crippen molar-refractivity contribution >= 4 is 21.4 Å². The fraction of sp³-hybridized carbons (Fsp3) is 0.0870. The van der Waals surface area contributed by atoms with Gasteiger partial charge in [-0.15, -0.1) is 0 Å². The minimum Gasteiger partial charge on any atom is -0.502 e. The van der Waals surface area contributed by atoms with Crippen molar-refractivity contribution in [2.75, 3.05) is 4.90 Å². The van der Waals surface area contributed by atoms with Crippen LogP contribution in [0.3, 0.4) is 0 Å². The van der Waals surface area contributed by atoms with E-state index in [0.717, 1.165) is 5.56 Å². The van der Waals surface area contributed by atoms with Gasteiger partial charge in [-0.25, -0.2) is 8.42 Å². The lowest BCUT2D eigenvalue weighted by molar-refractivity contribution is -0.117. The van der Waals surface area contributed by atoms with Crippen molar-refractivity contribution in [3.63, 3.8) is 0 Å². The zero-order chi connectivity index (χ0) is 20.6. The predicted molar refractivity (Wildman–Crippen MR) is 111 cm³/mol. The average molecular weight is 405 g/mol. The molecule has 0 bridgehead atoms. The molecule has 1 amide bonds. The van der Waals surface area contributed by atoms with Gasteiger partial charge >= 0.3 is 0 Å². The third kappa shape index (κ3) is 3.21. The second kappa shape index (κ2) is 7.22. The molecule has 0 aromatic heterocycles. The van der Waals surface area contributed by atoms with E-state index in [2.05, 4.69) is 0 Å². The van der Waals surface area contributed by atoms with Crippen LogP contribution in [-0.4, -0.2) is 19.4 Å². The van der Waals surface area contributed by atoms with Gasteiger partial charge in [0, 0.05) is 5.69 Å². The quantitative estimate of drug-likeness (QED) is 0.701. The summed E-state index contributed by atoms with van der Waals surface area (Å²) >= 11 is 0. The van der Waals surface area contributed by atoms with Gasteiger partial charge in [0.05, 0.1) is 4.90 Å². The monoisotopic (exact) mass is 405 g/mol. The van der Waals surface area contributed by atoms with Gasteiger partial charge in [-0.1, -0.05) is 66.2 Å². The third-order valence-electron chi connectivity index (χ3n) is 4.93. The molecule has 0 saturated carbocycles. The summed E-state index contributed by atoms with van der Waals surface area (Å²) in [4.78, 5) is 14.1. The van der Waals surface area contributed by atoms with E-state index < -0.39 is 27.5 Å². The normalized spacial score (nSPS) is 17.1. The Kier molecular flexibility index (Phi) is 4.72. The molecule has 29 heavy (non-hydrogen) atoms. The Labute approximate surface area is 169 Å². The molecule has 146 valence electrons. The van der Waals surface area contributed by atoms with Crippen LogP contribution >= 0.6 is 0 Å². The maximum atomic E-state index is 13.4. The number of aliphatic hydroxyl groups is 1. The number of anilines is 1. The summed E-state index contributed by atoms with van der Waals surface area (Å²) in [6.45, 7) is 1.92. The number of carbonyl (C=O) groups is 1. The largest absolute Gasteiger partial charge is 0.502 e. The van der Waals surface area contributed by atoms with Gasteiger partial charge in [0.2, 0.25) is 9.84 Å². The molecule has 1 N–H and O–H groups in total. The van der Waals surface area contributed by atoms with E-state index in [0.29, 0.717) is 11.3 Å². The van der Waals surface area contributed by atoms with Crippen molar-refractivity contribution in [3.8, 4) is 0 Å². The van der Waals surface area contributed by atoms with Gasteiger partial charge < -0.3 is 5.11 Å². The van der Waals surface area contributed by atoms with Crippen molar-refractivity contribution in [1.29, 1.82) is 0 Å². The number of benzene rings is 3. The Morgan fingerprint density at radius 2 is 1.38 bits per heavy atom. The van der Waals surface area contributed by atoms with Crippen molar-refractivity contribution in [3.05, 3.63) is 107 Å². The summed E-state index contributed by atoms with van der Waals surface area (Å²) in [5.41, 5.74) is 2.12. The van der Waals surface area contributed by atoms with Gasteiger partial charge in [-0.3, -0.25) is 9.69 Å². The van der Waals surface area contributed by atoms with Gasteiger partial charge in [0.25, 0.3) is 5.91 Å². The highest BCUT2D eigenvalue weighted by molar-refractivity contribution is 7.95. The van der Waals surface area contributed by atoms with Crippen molar-refractivity contribution in [2.45, 2.75) is 17.9 Å². The maximum absolute atomic E-state index is 13.4. The Morgan fingerprint density at radius 3 is 1.97 bits per heavy atom. The molecule has 3 aromatic rings. The fourth-order valence-electron chi connectivity index (χ4n) is 3.49. The zero-order valence-electron chi connectivity index (χ0n) is 15.7. The summed E-state index contributed by atoms with van der Waals surface area (Å²) in [6, 6.07) is 22.9. The molecule has 0 spiro atoms. The van der Waals surface area contributed by atoms with Crippen LogP contribution in [0.1, 0.15) is 17.2 Å². The highest BCUT2D eigenvalue weighted by Gasteiger charge is 2.47. The SMILES string of the molecule is Cc1ccc(N2C(=O)C(O)=C(S(=O)(=O)c3ccccc3)C2c2ccccc2)cc1. The van der Waals surface area contributed by atoms with Crippen LogP contribution in [0.2, 0.25) is 0 Å². The topological polar surface area (TPSA) is 74.7 Å². The van der Waals surface area contributed by atoms with Crippen molar-refractivity contribution in [2.24, 2.45) is 0 Å². The van der Waals surface area contributed by atoms with Crippen LogP contribution < -0.4 is 4.90 Å². The van der Waals surface area contributed by atoms with E-state index in [9.17, 15) is 18.3 Å². The van der Waals surface area contributed by atoms with Crippen LogP contribution in [-0.2, 0) is 14.6 Å². The Balaban J connectivity index is 1.94. The van der Waals surface area contributed by atoms with Gasteiger partial charge in [-0.2, -0.15) is 0 Å². The lowest BCUT2D eigenvalue weighted by atomic mass is 10.1. The minimum atomic E-state index is -4.10. The molecule has 1 atom stereocenters.